The van der Waals surface area contributed by atoms with Crippen LogP contribution in [-0.2, 0) is 0 Å². The van der Waals surface area contributed by atoms with Crippen molar-refractivity contribution < 1.29 is 0 Å². The van der Waals surface area contributed by atoms with E-state index in [0.717, 1.165) is 12.0 Å². The summed E-state index contributed by atoms with van der Waals surface area (Å²) in [5, 5.41) is 0. The molecule has 1 heterocycles. The van der Waals surface area contributed by atoms with Gasteiger partial charge in [0.1, 0.15) is 0 Å². The third-order valence-electron chi connectivity index (χ3n) is 4.62. The van der Waals surface area contributed by atoms with Crippen LogP contribution in [0.2, 0.25) is 0 Å². The molecule has 0 bridgehead atoms. The lowest BCUT2D eigenvalue weighted by Crippen LogP contribution is -2.49. The van der Waals surface area contributed by atoms with Crippen molar-refractivity contribution in [1.29, 1.82) is 0 Å². The van der Waals surface area contributed by atoms with E-state index in [1.807, 2.05) is 0 Å². The van der Waals surface area contributed by atoms with Crippen LogP contribution in [0.25, 0.3) is 0 Å². The molecule has 2 atom stereocenters. The van der Waals surface area contributed by atoms with Crippen molar-refractivity contribution in [3.05, 3.63) is 30.3 Å². The molecule has 2 fully saturated rings. The molecular formula is C16H24N2. The predicted molar refractivity (Wildman–Crippen MR) is 77.0 cm³/mol. The number of hydrogen-bond acceptors (Lipinski definition) is 2. The fourth-order valence-electron chi connectivity index (χ4n) is 3.49. The predicted octanol–water partition coefficient (Wildman–Crippen LogP) is 3.00. The lowest BCUT2D eigenvalue weighted by molar-refractivity contribution is 0.184. The molecule has 18 heavy (non-hydrogen) atoms. The van der Waals surface area contributed by atoms with E-state index in [1.54, 1.807) is 0 Å². The van der Waals surface area contributed by atoms with Crippen molar-refractivity contribution >= 4 is 5.69 Å². The zero-order chi connectivity index (χ0) is 12.4. The quantitative estimate of drug-likeness (QED) is 0.789. The van der Waals surface area contributed by atoms with Gasteiger partial charge in [0.2, 0.25) is 0 Å². The van der Waals surface area contributed by atoms with E-state index < -0.39 is 0 Å². The van der Waals surface area contributed by atoms with E-state index in [1.165, 1.54) is 51.1 Å². The van der Waals surface area contributed by atoms with Crippen molar-refractivity contribution in [1.82, 2.24) is 4.90 Å². The number of piperazine rings is 1. The highest BCUT2D eigenvalue weighted by molar-refractivity contribution is 5.46. The molecule has 0 amide bonds. The van der Waals surface area contributed by atoms with Gasteiger partial charge in [0, 0.05) is 37.9 Å². The minimum absolute atomic E-state index is 0.873. The molecule has 1 saturated carbocycles. The zero-order valence-corrected chi connectivity index (χ0v) is 11.4. The molecule has 0 spiro atoms. The molecule has 1 aromatic carbocycles. The van der Waals surface area contributed by atoms with Crippen LogP contribution in [0, 0.1) is 5.92 Å². The smallest absolute Gasteiger partial charge is 0.0367 e. The normalized spacial score (nSPS) is 29.7. The fraction of sp³-hybridized carbons (Fsp3) is 0.625. The second-order valence-electron chi connectivity index (χ2n) is 5.93. The van der Waals surface area contributed by atoms with Crippen molar-refractivity contribution in [2.24, 2.45) is 5.92 Å². The first-order valence-corrected chi connectivity index (χ1v) is 7.37. The van der Waals surface area contributed by atoms with Crippen molar-refractivity contribution in [3.63, 3.8) is 0 Å². The monoisotopic (exact) mass is 244 g/mol. The van der Waals surface area contributed by atoms with Gasteiger partial charge in [-0.15, -0.1) is 0 Å². The molecule has 2 nitrogen and oxygen atoms in total. The maximum atomic E-state index is 2.73. The highest BCUT2D eigenvalue weighted by Crippen LogP contribution is 2.29. The Kier molecular flexibility index (Phi) is 3.55. The van der Waals surface area contributed by atoms with E-state index in [2.05, 4.69) is 47.1 Å². The number of rotatable bonds is 2. The van der Waals surface area contributed by atoms with Crippen LogP contribution < -0.4 is 4.90 Å². The number of nitrogens with zero attached hydrogens (tertiary/aromatic N) is 2. The number of benzene rings is 1. The van der Waals surface area contributed by atoms with Crippen LogP contribution in [0.15, 0.2) is 30.3 Å². The average Bonchev–Trinajstić information content (AvgIpc) is 2.87. The minimum atomic E-state index is 0.873. The molecule has 2 unspecified atom stereocenters. The Hall–Kier alpha value is -1.02. The van der Waals surface area contributed by atoms with E-state index in [9.17, 15) is 0 Å². The Balaban J connectivity index is 1.55. The van der Waals surface area contributed by atoms with Gasteiger partial charge in [-0.1, -0.05) is 25.1 Å². The summed E-state index contributed by atoms with van der Waals surface area (Å²) in [5.74, 6) is 0.946. The molecule has 0 N–H and O–H groups in total. The van der Waals surface area contributed by atoms with E-state index >= 15 is 0 Å². The van der Waals surface area contributed by atoms with Crippen molar-refractivity contribution in [3.8, 4) is 0 Å². The molecule has 2 heteroatoms. The molecule has 1 aliphatic heterocycles. The third-order valence-corrected chi connectivity index (χ3v) is 4.62. The van der Waals surface area contributed by atoms with E-state index in [0.29, 0.717) is 0 Å². The summed E-state index contributed by atoms with van der Waals surface area (Å²) in [6.07, 6.45) is 4.28. The Labute approximate surface area is 111 Å². The summed E-state index contributed by atoms with van der Waals surface area (Å²) >= 11 is 0. The highest BCUT2D eigenvalue weighted by Gasteiger charge is 2.29. The van der Waals surface area contributed by atoms with E-state index in [4.69, 9.17) is 0 Å². The number of hydrogen-bond donors (Lipinski definition) is 0. The van der Waals surface area contributed by atoms with Gasteiger partial charge in [-0.25, -0.2) is 0 Å². The molecule has 1 aromatic rings. The van der Waals surface area contributed by atoms with Crippen LogP contribution in [0.4, 0.5) is 5.69 Å². The topological polar surface area (TPSA) is 6.48 Å². The number of para-hydroxylation sites is 1. The zero-order valence-electron chi connectivity index (χ0n) is 11.4. The van der Waals surface area contributed by atoms with Gasteiger partial charge in [0.25, 0.3) is 0 Å². The Bertz CT molecular complexity index is 368. The standard InChI is InChI=1S/C16H24N2/c1-14-7-8-16(13-14)18-11-9-17(10-12-18)15-5-3-2-4-6-15/h2-6,14,16H,7-13H2,1H3. The molecule has 1 saturated heterocycles. The van der Waals surface area contributed by atoms with Gasteiger partial charge in [-0.2, -0.15) is 0 Å². The van der Waals surface area contributed by atoms with Crippen molar-refractivity contribution in [2.45, 2.75) is 32.2 Å². The lowest BCUT2D eigenvalue weighted by Gasteiger charge is -2.39. The van der Waals surface area contributed by atoms with Gasteiger partial charge in [-0.05, 0) is 37.3 Å². The van der Waals surface area contributed by atoms with Gasteiger partial charge in [-0.3, -0.25) is 4.90 Å². The molecule has 0 radical (unpaired) electrons. The van der Waals surface area contributed by atoms with Crippen molar-refractivity contribution in [2.75, 3.05) is 31.1 Å². The number of anilines is 1. The summed E-state index contributed by atoms with van der Waals surface area (Å²) in [6, 6.07) is 11.7. The molecule has 98 valence electrons. The Morgan fingerprint density at radius 3 is 2.28 bits per heavy atom. The van der Waals surface area contributed by atoms with Gasteiger partial charge >= 0.3 is 0 Å². The minimum Gasteiger partial charge on any atom is -0.369 e. The van der Waals surface area contributed by atoms with Crippen LogP contribution in [0.5, 0.6) is 0 Å². The first-order chi connectivity index (χ1) is 8.83. The summed E-state index contributed by atoms with van der Waals surface area (Å²) in [5.41, 5.74) is 1.39. The molecular weight excluding hydrogens is 220 g/mol. The summed E-state index contributed by atoms with van der Waals surface area (Å²) in [4.78, 5) is 5.25. The maximum Gasteiger partial charge on any atom is 0.0367 e. The van der Waals surface area contributed by atoms with Gasteiger partial charge in [0.05, 0.1) is 0 Å². The lowest BCUT2D eigenvalue weighted by atomic mass is 10.1. The Morgan fingerprint density at radius 2 is 1.67 bits per heavy atom. The summed E-state index contributed by atoms with van der Waals surface area (Å²) in [6.45, 7) is 7.27. The second-order valence-corrected chi connectivity index (χ2v) is 5.93. The molecule has 1 aliphatic carbocycles. The molecule has 3 rings (SSSR count). The van der Waals surface area contributed by atoms with Gasteiger partial charge < -0.3 is 4.90 Å². The maximum absolute atomic E-state index is 2.73. The first kappa shape index (κ1) is 12.0. The van der Waals surface area contributed by atoms with Crippen LogP contribution >= 0.6 is 0 Å². The first-order valence-electron chi connectivity index (χ1n) is 7.37. The van der Waals surface area contributed by atoms with Crippen LogP contribution in [0.1, 0.15) is 26.2 Å². The van der Waals surface area contributed by atoms with E-state index in [-0.39, 0.29) is 0 Å². The highest BCUT2D eigenvalue weighted by atomic mass is 15.3. The summed E-state index contributed by atoms with van der Waals surface area (Å²) < 4.78 is 0. The molecule has 0 aromatic heterocycles. The second kappa shape index (κ2) is 5.31. The van der Waals surface area contributed by atoms with Gasteiger partial charge in [0.15, 0.2) is 0 Å². The third kappa shape index (κ3) is 2.54. The SMILES string of the molecule is CC1CCC(N2CCN(c3ccccc3)CC2)C1. The summed E-state index contributed by atoms with van der Waals surface area (Å²) in [7, 11) is 0. The fourth-order valence-corrected chi connectivity index (χ4v) is 3.49. The van der Waals surface area contributed by atoms with Crippen LogP contribution in [0.3, 0.4) is 0 Å². The average molecular weight is 244 g/mol. The molecule has 2 aliphatic rings. The largest absolute Gasteiger partial charge is 0.369 e. The Morgan fingerprint density at radius 1 is 0.944 bits per heavy atom. The van der Waals surface area contributed by atoms with Crippen LogP contribution in [-0.4, -0.2) is 37.1 Å².